The molecule has 1 fully saturated rings. The maximum Gasteiger partial charge on any atom is 0.167 e. The molecule has 3 nitrogen and oxygen atoms in total. The van der Waals surface area contributed by atoms with Crippen LogP contribution < -0.4 is 0 Å². The highest BCUT2D eigenvalue weighted by Gasteiger charge is 2.50. The van der Waals surface area contributed by atoms with E-state index >= 15 is 0 Å². The van der Waals surface area contributed by atoms with Gasteiger partial charge in [-0.05, 0) is 38.4 Å². The molecule has 110 valence electrons. The normalized spacial score (nSPS) is 22.8. The summed E-state index contributed by atoms with van der Waals surface area (Å²) >= 11 is 0. The number of ether oxygens (including phenoxy) is 1. The number of benzene rings is 4. The zero-order chi connectivity index (χ0) is 15.3. The lowest BCUT2D eigenvalue weighted by molar-refractivity contribution is 0.309. The molecule has 1 saturated heterocycles. The van der Waals surface area contributed by atoms with E-state index in [1.54, 1.807) is 0 Å². The van der Waals surface area contributed by atoms with Crippen LogP contribution in [0.4, 0.5) is 0 Å². The molecule has 2 atom stereocenters. The lowest BCUT2D eigenvalue weighted by Gasteiger charge is -2.19. The summed E-state index contributed by atoms with van der Waals surface area (Å²) in [7, 11) is 0. The monoisotopic (exact) mass is 300 g/mol. The Bertz CT molecular complexity index is 1160. The van der Waals surface area contributed by atoms with E-state index in [2.05, 4.69) is 42.5 Å². The predicted octanol–water partition coefficient (Wildman–Crippen LogP) is 4.82. The molecule has 6 rings (SSSR count). The van der Waals surface area contributed by atoms with E-state index in [1.165, 1.54) is 21.5 Å². The summed E-state index contributed by atoms with van der Waals surface area (Å²) in [6.45, 7) is 0. The van der Waals surface area contributed by atoms with Gasteiger partial charge in [-0.3, -0.25) is 0 Å². The summed E-state index contributed by atoms with van der Waals surface area (Å²) in [5, 5.41) is 27.5. The number of aliphatic hydroxyl groups is 2. The van der Waals surface area contributed by atoms with Crippen molar-refractivity contribution in [3.8, 4) is 0 Å². The molecule has 4 aromatic carbocycles. The van der Waals surface area contributed by atoms with Gasteiger partial charge in [0.15, 0.2) is 11.5 Å². The van der Waals surface area contributed by atoms with Crippen LogP contribution in [0.2, 0.25) is 0 Å². The molecule has 0 saturated carbocycles. The van der Waals surface area contributed by atoms with Crippen molar-refractivity contribution in [1.82, 2.24) is 0 Å². The van der Waals surface area contributed by atoms with Gasteiger partial charge in [-0.2, -0.15) is 0 Å². The first-order chi connectivity index (χ1) is 11.2. The van der Waals surface area contributed by atoms with Crippen molar-refractivity contribution in [2.24, 2.45) is 0 Å². The average Bonchev–Trinajstić information content (AvgIpc) is 3.37. The van der Waals surface area contributed by atoms with Gasteiger partial charge in [-0.15, -0.1) is 0 Å². The highest BCUT2D eigenvalue weighted by atomic mass is 16.6. The molecule has 23 heavy (non-hydrogen) atoms. The number of hydrogen-bond acceptors (Lipinski definition) is 3. The molecule has 1 aliphatic carbocycles. The van der Waals surface area contributed by atoms with Crippen LogP contribution in [-0.2, 0) is 4.74 Å². The lowest BCUT2D eigenvalue weighted by atomic mass is 9.85. The summed E-state index contributed by atoms with van der Waals surface area (Å²) < 4.78 is 5.61. The van der Waals surface area contributed by atoms with Gasteiger partial charge in [0.25, 0.3) is 0 Å². The molecule has 0 amide bonds. The molecule has 2 aliphatic rings. The number of rotatable bonds is 0. The summed E-state index contributed by atoms with van der Waals surface area (Å²) in [4.78, 5) is 0. The van der Waals surface area contributed by atoms with Gasteiger partial charge in [0.1, 0.15) is 12.2 Å². The highest BCUT2D eigenvalue weighted by Crippen LogP contribution is 2.53. The Kier molecular flexibility index (Phi) is 1.83. The first kappa shape index (κ1) is 11.7. The number of hydrogen-bond donors (Lipinski definition) is 2. The fourth-order valence-corrected chi connectivity index (χ4v) is 4.15. The summed E-state index contributed by atoms with van der Waals surface area (Å²) in [6.07, 6.45) is -0.536. The molecule has 3 heteroatoms. The van der Waals surface area contributed by atoms with Crippen LogP contribution in [0.1, 0.15) is 17.2 Å². The van der Waals surface area contributed by atoms with E-state index in [9.17, 15) is 10.2 Å². The molecule has 1 heterocycles. The van der Waals surface area contributed by atoms with Crippen molar-refractivity contribution in [2.75, 3.05) is 0 Å². The van der Waals surface area contributed by atoms with Gasteiger partial charge >= 0.3 is 0 Å². The zero-order valence-corrected chi connectivity index (χ0v) is 12.1. The van der Waals surface area contributed by atoms with Crippen LogP contribution >= 0.6 is 0 Å². The summed E-state index contributed by atoms with van der Waals surface area (Å²) in [5.74, 6) is -0.0976. The van der Waals surface area contributed by atoms with Gasteiger partial charge in [0, 0.05) is 11.1 Å². The molecule has 1 aliphatic heterocycles. The molecule has 2 N–H and O–H groups in total. The Hall–Kier alpha value is -2.78. The Labute approximate surface area is 131 Å². The van der Waals surface area contributed by atoms with E-state index in [0.717, 1.165) is 16.3 Å². The van der Waals surface area contributed by atoms with Crippen molar-refractivity contribution in [1.29, 1.82) is 0 Å². The molecule has 0 aromatic heterocycles. The fraction of sp³-hybridized carbons (Fsp3) is 0.100. The minimum Gasteiger partial charge on any atom is -0.506 e. The molecule has 2 unspecified atom stereocenters. The third-order valence-corrected chi connectivity index (χ3v) is 5.23. The van der Waals surface area contributed by atoms with Crippen molar-refractivity contribution in [2.45, 2.75) is 12.2 Å². The largest absolute Gasteiger partial charge is 0.506 e. The van der Waals surface area contributed by atoms with E-state index in [4.69, 9.17) is 4.74 Å². The van der Waals surface area contributed by atoms with Crippen LogP contribution in [-0.4, -0.2) is 16.3 Å². The SMILES string of the molecule is OC1=C(O)C2OC2c2c1cc1ccc3cccc4ccc2c1c34. The van der Waals surface area contributed by atoms with Gasteiger partial charge < -0.3 is 14.9 Å². The van der Waals surface area contributed by atoms with Crippen molar-refractivity contribution in [3.63, 3.8) is 0 Å². The van der Waals surface area contributed by atoms with Crippen LogP contribution in [0, 0.1) is 0 Å². The quantitative estimate of drug-likeness (QED) is 0.361. The molecular weight excluding hydrogens is 288 g/mol. The standard InChI is InChI=1S/C20H12O3/c21-17-13-8-11-5-4-9-2-1-3-10-6-7-12(15(11)14(9)10)16(13)19-20(23-19)18(17)22/h1-8,19-22H. The Morgan fingerprint density at radius 1 is 0.783 bits per heavy atom. The summed E-state index contributed by atoms with van der Waals surface area (Å²) in [5.41, 5.74) is 1.68. The molecule has 0 bridgehead atoms. The zero-order valence-electron chi connectivity index (χ0n) is 12.1. The van der Waals surface area contributed by atoms with E-state index in [1.807, 2.05) is 6.07 Å². The minimum atomic E-state index is -0.388. The second kappa shape index (κ2) is 3.58. The van der Waals surface area contributed by atoms with Crippen LogP contribution in [0.3, 0.4) is 0 Å². The average molecular weight is 300 g/mol. The minimum absolute atomic E-state index is 0.0460. The predicted molar refractivity (Wildman–Crippen MR) is 89.9 cm³/mol. The van der Waals surface area contributed by atoms with Crippen LogP contribution in [0.5, 0.6) is 0 Å². The van der Waals surface area contributed by atoms with Crippen molar-refractivity contribution >= 4 is 38.1 Å². The van der Waals surface area contributed by atoms with E-state index in [0.29, 0.717) is 5.56 Å². The third-order valence-electron chi connectivity index (χ3n) is 5.23. The van der Waals surface area contributed by atoms with Gasteiger partial charge in [-0.1, -0.05) is 42.5 Å². The first-order valence-corrected chi connectivity index (χ1v) is 7.72. The lowest BCUT2D eigenvalue weighted by Crippen LogP contribution is -2.08. The second-order valence-electron chi connectivity index (χ2n) is 6.40. The van der Waals surface area contributed by atoms with Crippen molar-refractivity contribution < 1.29 is 14.9 Å². The van der Waals surface area contributed by atoms with Crippen molar-refractivity contribution in [3.05, 3.63) is 65.4 Å². The second-order valence-corrected chi connectivity index (χ2v) is 6.40. The van der Waals surface area contributed by atoms with Crippen LogP contribution in [0.15, 0.2) is 54.3 Å². The molecule has 4 aromatic rings. The molecular formula is C20H12O3. The molecule has 0 spiro atoms. The van der Waals surface area contributed by atoms with Gasteiger partial charge in [0.2, 0.25) is 0 Å². The Morgan fingerprint density at radius 2 is 1.52 bits per heavy atom. The van der Waals surface area contributed by atoms with Gasteiger partial charge in [-0.25, -0.2) is 0 Å². The maximum atomic E-state index is 10.4. The fourth-order valence-electron chi connectivity index (χ4n) is 4.15. The first-order valence-electron chi connectivity index (χ1n) is 7.72. The smallest absolute Gasteiger partial charge is 0.167 e. The number of aliphatic hydroxyl groups excluding tert-OH is 2. The molecule has 0 radical (unpaired) electrons. The highest BCUT2D eigenvalue weighted by molar-refractivity contribution is 6.24. The Balaban J connectivity index is 1.90. The summed E-state index contributed by atoms with van der Waals surface area (Å²) in [6, 6.07) is 16.7. The third kappa shape index (κ3) is 1.26. The van der Waals surface area contributed by atoms with E-state index < -0.39 is 0 Å². The van der Waals surface area contributed by atoms with E-state index in [-0.39, 0.29) is 23.7 Å². The van der Waals surface area contributed by atoms with Crippen LogP contribution in [0.25, 0.3) is 38.1 Å². The topological polar surface area (TPSA) is 53.0 Å². The number of epoxide rings is 1. The number of fused-ring (bicyclic) bond motifs is 4. The van der Waals surface area contributed by atoms with Gasteiger partial charge in [0.05, 0.1) is 0 Å². The Morgan fingerprint density at radius 3 is 2.35 bits per heavy atom. The maximum absolute atomic E-state index is 10.4.